The van der Waals surface area contributed by atoms with Crippen molar-refractivity contribution in [2.24, 2.45) is 4.99 Å². The molecule has 1 aliphatic heterocycles. The minimum atomic E-state index is 0.0643. The van der Waals surface area contributed by atoms with Crippen LogP contribution >= 0.6 is 11.3 Å². The number of thiophene rings is 1. The molecule has 3 nitrogen and oxygen atoms in total. The van der Waals surface area contributed by atoms with Crippen molar-refractivity contribution in [3.05, 3.63) is 129 Å². The summed E-state index contributed by atoms with van der Waals surface area (Å²) in [5.41, 5.74) is 7.25. The van der Waals surface area contributed by atoms with Crippen molar-refractivity contribution in [3.63, 3.8) is 0 Å². The molecule has 0 unspecified atom stereocenters. The molecule has 1 N–H and O–H groups in total. The zero-order valence-electron chi connectivity index (χ0n) is 19.6. The molecule has 0 radical (unpaired) electrons. The Kier molecular flexibility index (Phi) is 5.81. The Labute approximate surface area is 209 Å². The maximum absolute atomic E-state index is 6.52. The third kappa shape index (κ3) is 4.22. The topological polar surface area (TPSA) is 37.4 Å². The van der Waals surface area contributed by atoms with Gasteiger partial charge in [0.2, 0.25) is 0 Å². The van der Waals surface area contributed by atoms with Gasteiger partial charge in [-0.3, -0.25) is 4.99 Å². The van der Waals surface area contributed by atoms with Crippen molar-refractivity contribution in [3.8, 4) is 5.75 Å². The van der Waals surface area contributed by atoms with Gasteiger partial charge in [0.1, 0.15) is 11.5 Å². The molecular weight excluding hydrogens is 448 g/mol. The standard InChI is InChI=1S/C31H26N2OS/c1-21-12-14-22(15-13-21)30-25-8-3-5-10-28(25)34-31(29-11-6-18-35-29)26(30)20-32-17-16-23-19-33-27-9-4-2-7-24(23)27/h2-15,18-20,30,33H,16-17H2,1H3/t30-/m0/s1. The van der Waals surface area contributed by atoms with Crippen LogP contribution in [-0.2, 0) is 6.42 Å². The Hall–Kier alpha value is -3.89. The van der Waals surface area contributed by atoms with Crippen LogP contribution < -0.4 is 4.74 Å². The van der Waals surface area contributed by atoms with Crippen LogP contribution in [0.4, 0.5) is 0 Å². The maximum Gasteiger partial charge on any atom is 0.150 e. The molecule has 3 aromatic carbocycles. The van der Waals surface area contributed by atoms with Gasteiger partial charge in [0, 0.05) is 46.9 Å². The van der Waals surface area contributed by atoms with Gasteiger partial charge in [-0.25, -0.2) is 0 Å². The van der Waals surface area contributed by atoms with Crippen molar-refractivity contribution >= 4 is 34.2 Å². The van der Waals surface area contributed by atoms with E-state index in [1.807, 2.05) is 12.3 Å². The molecule has 0 saturated carbocycles. The van der Waals surface area contributed by atoms with E-state index in [4.69, 9.17) is 9.73 Å². The van der Waals surface area contributed by atoms with E-state index in [2.05, 4.69) is 102 Å². The molecule has 2 aromatic heterocycles. The second-order valence-electron chi connectivity index (χ2n) is 8.89. The minimum Gasteiger partial charge on any atom is -0.455 e. The molecular formula is C31H26N2OS. The summed E-state index contributed by atoms with van der Waals surface area (Å²) in [5.74, 6) is 1.88. The molecule has 0 aliphatic carbocycles. The predicted octanol–water partition coefficient (Wildman–Crippen LogP) is 7.79. The van der Waals surface area contributed by atoms with Crippen LogP contribution in [0.3, 0.4) is 0 Å². The molecule has 0 saturated heterocycles. The molecule has 4 heteroatoms. The average Bonchev–Trinajstić information content (AvgIpc) is 3.57. The van der Waals surface area contributed by atoms with Crippen LogP contribution in [0.15, 0.2) is 107 Å². The van der Waals surface area contributed by atoms with E-state index in [1.165, 1.54) is 33.2 Å². The first-order valence-electron chi connectivity index (χ1n) is 11.9. The van der Waals surface area contributed by atoms with Crippen molar-refractivity contribution in [1.82, 2.24) is 4.98 Å². The van der Waals surface area contributed by atoms with E-state index < -0.39 is 0 Å². The number of nitrogens with zero attached hydrogens (tertiary/aromatic N) is 1. The maximum atomic E-state index is 6.52. The number of ether oxygens (including phenoxy) is 1. The van der Waals surface area contributed by atoms with Gasteiger partial charge in [-0.2, -0.15) is 0 Å². The molecule has 1 aliphatic rings. The minimum absolute atomic E-state index is 0.0643. The SMILES string of the molecule is Cc1ccc([C@@H]2C(C=NCCc3c[nH]c4ccccc34)=C(c3cccs3)Oc3ccccc32)cc1. The summed E-state index contributed by atoms with van der Waals surface area (Å²) in [7, 11) is 0. The van der Waals surface area contributed by atoms with Crippen molar-refractivity contribution < 1.29 is 4.74 Å². The average molecular weight is 475 g/mol. The Morgan fingerprint density at radius 3 is 2.63 bits per heavy atom. The van der Waals surface area contributed by atoms with Crippen LogP contribution in [0, 0.1) is 6.92 Å². The van der Waals surface area contributed by atoms with Crippen molar-refractivity contribution in [1.29, 1.82) is 0 Å². The number of allylic oxidation sites excluding steroid dienone is 1. The summed E-state index contributed by atoms with van der Waals surface area (Å²) in [6.07, 6.45) is 5.03. The van der Waals surface area contributed by atoms with Crippen LogP contribution in [0.5, 0.6) is 5.75 Å². The summed E-state index contributed by atoms with van der Waals surface area (Å²) in [4.78, 5) is 9.42. The van der Waals surface area contributed by atoms with Gasteiger partial charge < -0.3 is 9.72 Å². The fraction of sp³-hybridized carbons (Fsp3) is 0.129. The summed E-state index contributed by atoms with van der Waals surface area (Å²) in [6.45, 7) is 2.84. The smallest absolute Gasteiger partial charge is 0.150 e. The molecule has 35 heavy (non-hydrogen) atoms. The Morgan fingerprint density at radius 1 is 0.943 bits per heavy atom. The third-order valence-electron chi connectivity index (χ3n) is 6.59. The van der Waals surface area contributed by atoms with Crippen LogP contribution in [0.2, 0.25) is 0 Å². The van der Waals surface area contributed by atoms with E-state index in [0.717, 1.165) is 28.4 Å². The number of hydrogen-bond donors (Lipinski definition) is 1. The predicted molar refractivity (Wildman–Crippen MR) is 147 cm³/mol. The number of benzene rings is 3. The number of aromatic amines is 1. The van der Waals surface area contributed by atoms with Gasteiger partial charge in [-0.1, -0.05) is 72.3 Å². The van der Waals surface area contributed by atoms with Gasteiger partial charge >= 0.3 is 0 Å². The lowest BCUT2D eigenvalue weighted by atomic mass is 9.82. The van der Waals surface area contributed by atoms with E-state index >= 15 is 0 Å². The van der Waals surface area contributed by atoms with Gasteiger partial charge in [0.25, 0.3) is 0 Å². The largest absolute Gasteiger partial charge is 0.455 e. The lowest BCUT2D eigenvalue weighted by Gasteiger charge is -2.29. The number of hydrogen-bond acceptors (Lipinski definition) is 3. The van der Waals surface area contributed by atoms with E-state index in [-0.39, 0.29) is 5.92 Å². The van der Waals surface area contributed by atoms with Crippen molar-refractivity contribution in [2.45, 2.75) is 19.3 Å². The number of aromatic nitrogens is 1. The molecule has 0 bridgehead atoms. The van der Waals surface area contributed by atoms with Gasteiger partial charge in [-0.15, -0.1) is 11.3 Å². The fourth-order valence-corrected chi connectivity index (χ4v) is 5.54. The molecule has 5 aromatic rings. The molecule has 1 atom stereocenters. The van der Waals surface area contributed by atoms with Gasteiger partial charge in [0.05, 0.1) is 4.88 Å². The highest BCUT2D eigenvalue weighted by Gasteiger charge is 2.31. The zero-order chi connectivity index (χ0) is 23.6. The summed E-state index contributed by atoms with van der Waals surface area (Å²) in [5, 5.41) is 3.37. The number of para-hydroxylation sites is 2. The lowest BCUT2D eigenvalue weighted by molar-refractivity contribution is 0.490. The van der Waals surface area contributed by atoms with Gasteiger partial charge in [0.15, 0.2) is 0 Å². The number of H-pyrrole nitrogens is 1. The molecule has 3 heterocycles. The Morgan fingerprint density at radius 2 is 1.77 bits per heavy atom. The van der Waals surface area contributed by atoms with E-state index in [1.54, 1.807) is 11.3 Å². The highest BCUT2D eigenvalue weighted by molar-refractivity contribution is 7.11. The number of rotatable bonds is 6. The molecule has 6 rings (SSSR count). The number of nitrogens with one attached hydrogen (secondary N) is 1. The van der Waals surface area contributed by atoms with Gasteiger partial charge in [-0.05, 0) is 48.1 Å². The highest BCUT2D eigenvalue weighted by atomic mass is 32.1. The van der Waals surface area contributed by atoms with Crippen LogP contribution in [0.1, 0.15) is 33.0 Å². The second-order valence-corrected chi connectivity index (χ2v) is 9.84. The molecule has 0 spiro atoms. The van der Waals surface area contributed by atoms with E-state index in [9.17, 15) is 0 Å². The first kappa shape index (κ1) is 21.6. The Balaban J connectivity index is 1.39. The zero-order valence-corrected chi connectivity index (χ0v) is 20.4. The fourth-order valence-electron chi connectivity index (χ4n) is 4.82. The molecule has 0 fully saturated rings. The highest BCUT2D eigenvalue weighted by Crippen LogP contribution is 2.45. The Bertz CT molecular complexity index is 1520. The first-order valence-corrected chi connectivity index (χ1v) is 12.8. The number of aliphatic imine (C=N–C) groups is 1. The normalized spacial score (nSPS) is 15.5. The molecule has 0 amide bonds. The third-order valence-corrected chi connectivity index (χ3v) is 7.46. The number of fused-ring (bicyclic) bond motifs is 2. The summed E-state index contributed by atoms with van der Waals surface area (Å²) < 4.78 is 6.52. The molecule has 172 valence electrons. The summed E-state index contributed by atoms with van der Waals surface area (Å²) >= 11 is 1.70. The van der Waals surface area contributed by atoms with Crippen molar-refractivity contribution in [2.75, 3.05) is 6.54 Å². The lowest BCUT2D eigenvalue weighted by Crippen LogP contribution is -2.17. The monoisotopic (exact) mass is 474 g/mol. The first-order chi connectivity index (χ1) is 17.3. The quantitative estimate of drug-likeness (QED) is 0.251. The number of aryl methyl sites for hydroxylation is 1. The summed E-state index contributed by atoms with van der Waals surface area (Å²) in [6, 6.07) is 29.8. The second kappa shape index (κ2) is 9.40. The van der Waals surface area contributed by atoms with Crippen LogP contribution in [-0.4, -0.2) is 17.7 Å². The van der Waals surface area contributed by atoms with E-state index in [0.29, 0.717) is 6.54 Å². The van der Waals surface area contributed by atoms with Crippen LogP contribution in [0.25, 0.3) is 16.7 Å².